The normalized spacial score (nSPS) is 14.5. The van der Waals surface area contributed by atoms with E-state index < -0.39 is 24.4 Å². The van der Waals surface area contributed by atoms with Gasteiger partial charge in [0.05, 0.1) is 6.42 Å². The summed E-state index contributed by atoms with van der Waals surface area (Å²) in [5, 5.41) is 0. The zero-order valence-corrected chi connectivity index (χ0v) is 6.11. The van der Waals surface area contributed by atoms with E-state index in [1.54, 1.807) is 0 Å². The molecule has 66 valence electrons. The number of nitrogens with two attached hydrogens (primary N) is 1. The van der Waals surface area contributed by atoms with E-state index in [4.69, 9.17) is 5.73 Å². The maximum Gasteiger partial charge on any atom is 0.389 e. The van der Waals surface area contributed by atoms with Crippen molar-refractivity contribution in [2.75, 3.05) is 0 Å². The number of carbonyl (C=O) groups is 1. The minimum Gasteiger partial charge on any atom is -0.369 e. The fraction of sp³-hybridized carbons (Fsp3) is 0.833. The molecule has 0 aromatic carbocycles. The fourth-order valence-corrected chi connectivity index (χ4v) is 0.726. The second-order valence-corrected chi connectivity index (χ2v) is 2.33. The lowest BCUT2D eigenvalue weighted by Crippen LogP contribution is -2.27. The van der Waals surface area contributed by atoms with E-state index in [1.165, 1.54) is 6.92 Å². The molecule has 0 aliphatic rings. The third-order valence-electron chi connectivity index (χ3n) is 1.37. The summed E-state index contributed by atoms with van der Waals surface area (Å²) in [6, 6.07) is 0. The summed E-state index contributed by atoms with van der Waals surface area (Å²) < 4.78 is 34.9. The van der Waals surface area contributed by atoms with Crippen LogP contribution in [0.4, 0.5) is 13.2 Å². The summed E-state index contributed by atoms with van der Waals surface area (Å²) in [7, 11) is 0. The second-order valence-electron chi connectivity index (χ2n) is 2.33. The molecule has 2 N–H and O–H groups in total. The van der Waals surface area contributed by atoms with E-state index in [9.17, 15) is 18.0 Å². The van der Waals surface area contributed by atoms with Crippen LogP contribution in [0.1, 0.15) is 19.8 Å². The zero-order chi connectivity index (χ0) is 9.07. The standard InChI is InChI=1S/C6H10F3NO/c1-2-4(5(10)11)3-6(7,8)9/h4H,2-3H2,1H3,(H2,10,11). The second kappa shape index (κ2) is 3.59. The maximum atomic E-state index is 11.6. The van der Waals surface area contributed by atoms with Gasteiger partial charge in [-0.2, -0.15) is 13.2 Å². The molecule has 0 saturated carbocycles. The van der Waals surface area contributed by atoms with Crippen LogP contribution in [0.5, 0.6) is 0 Å². The molecule has 5 heteroatoms. The molecule has 0 radical (unpaired) electrons. The summed E-state index contributed by atoms with van der Waals surface area (Å²) in [4.78, 5) is 10.3. The molecule has 0 aromatic rings. The lowest BCUT2D eigenvalue weighted by molar-refractivity contribution is -0.153. The Morgan fingerprint density at radius 1 is 1.55 bits per heavy atom. The molecule has 0 saturated heterocycles. The first-order chi connectivity index (χ1) is 4.87. The average molecular weight is 169 g/mol. The van der Waals surface area contributed by atoms with Crippen molar-refractivity contribution in [2.45, 2.75) is 25.9 Å². The molecule has 2 nitrogen and oxygen atoms in total. The third-order valence-corrected chi connectivity index (χ3v) is 1.37. The SMILES string of the molecule is CCC(CC(F)(F)F)C(N)=O. The minimum atomic E-state index is -4.30. The van der Waals surface area contributed by atoms with Crippen molar-refractivity contribution in [3.8, 4) is 0 Å². The van der Waals surface area contributed by atoms with Gasteiger partial charge in [-0.05, 0) is 6.42 Å². The average Bonchev–Trinajstić information content (AvgIpc) is 1.80. The summed E-state index contributed by atoms with van der Waals surface area (Å²) >= 11 is 0. The Morgan fingerprint density at radius 3 is 2.09 bits per heavy atom. The predicted molar refractivity (Wildman–Crippen MR) is 33.6 cm³/mol. The van der Waals surface area contributed by atoms with Crippen molar-refractivity contribution < 1.29 is 18.0 Å². The van der Waals surface area contributed by atoms with E-state index >= 15 is 0 Å². The van der Waals surface area contributed by atoms with Gasteiger partial charge in [0.1, 0.15) is 0 Å². The van der Waals surface area contributed by atoms with Crippen LogP contribution in [-0.4, -0.2) is 12.1 Å². The van der Waals surface area contributed by atoms with Gasteiger partial charge < -0.3 is 5.73 Å². The van der Waals surface area contributed by atoms with Gasteiger partial charge in [-0.1, -0.05) is 6.92 Å². The van der Waals surface area contributed by atoms with Crippen molar-refractivity contribution in [1.82, 2.24) is 0 Å². The monoisotopic (exact) mass is 169 g/mol. The van der Waals surface area contributed by atoms with Crippen LogP contribution in [0, 0.1) is 5.92 Å². The summed E-state index contributed by atoms with van der Waals surface area (Å²) in [6.07, 6.45) is -5.27. The van der Waals surface area contributed by atoms with Crippen LogP contribution in [0.25, 0.3) is 0 Å². The molecule has 0 aliphatic carbocycles. The number of rotatable bonds is 3. The van der Waals surface area contributed by atoms with E-state index in [-0.39, 0.29) is 6.42 Å². The van der Waals surface area contributed by atoms with Gasteiger partial charge in [-0.15, -0.1) is 0 Å². The van der Waals surface area contributed by atoms with Crippen LogP contribution < -0.4 is 5.73 Å². The Morgan fingerprint density at radius 2 is 2.00 bits per heavy atom. The van der Waals surface area contributed by atoms with Gasteiger partial charge in [0.25, 0.3) is 0 Å². The largest absolute Gasteiger partial charge is 0.389 e. The molecule has 11 heavy (non-hydrogen) atoms. The summed E-state index contributed by atoms with van der Waals surface area (Å²) in [5.74, 6) is -1.96. The molecule has 0 aromatic heterocycles. The Kier molecular flexibility index (Phi) is 3.35. The van der Waals surface area contributed by atoms with Crippen molar-refractivity contribution in [2.24, 2.45) is 11.7 Å². The van der Waals surface area contributed by atoms with Crippen LogP contribution >= 0.6 is 0 Å². The van der Waals surface area contributed by atoms with Gasteiger partial charge in [0, 0.05) is 5.92 Å². The molecular formula is C6H10F3NO. The van der Waals surface area contributed by atoms with E-state index in [0.717, 1.165) is 0 Å². The number of hydrogen-bond acceptors (Lipinski definition) is 1. The highest BCUT2D eigenvalue weighted by Crippen LogP contribution is 2.25. The Bertz CT molecular complexity index is 143. The molecule has 0 heterocycles. The van der Waals surface area contributed by atoms with Crippen LogP contribution in [0.3, 0.4) is 0 Å². The molecule has 0 aliphatic heterocycles. The Balaban J connectivity index is 3.99. The summed E-state index contributed by atoms with van der Waals surface area (Å²) in [6.45, 7) is 1.50. The van der Waals surface area contributed by atoms with E-state index in [2.05, 4.69) is 0 Å². The fourth-order valence-electron chi connectivity index (χ4n) is 0.726. The molecule has 0 rings (SSSR count). The highest BCUT2D eigenvalue weighted by molar-refractivity contribution is 5.76. The lowest BCUT2D eigenvalue weighted by Gasteiger charge is -2.12. The first-order valence-corrected chi connectivity index (χ1v) is 3.23. The first kappa shape index (κ1) is 10.3. The highest BCUT2D eigenvalue weighted by atomic mass is 19.4. The molecule has 0 bridgehead atoms. The number of halogens is 3. The number of primary amides is 1. The first-order valence-electron chi connectivity index (χ1n) is 3.23. The Hall–Kier alpha value is -0.740. The number of carbonyl (C=O) groups excluding carboxylic acids is 1. The molecule has 1 unspecified atom stereocenters. The molecule has 0 fully saturated rings. The quantitative estimate of drug-likeness (QED) is 0.682. The number of hydrogen-bond donors (Lipinski definition) is 1. The van der Waals surface area contributed by atoms with Crippen LogP contribution in [-0.2, 0) is 4.79 Å². The van der Waals surface area contributed by atoms with Crippen molar-refractivity contribution in [1.29, 1.82) is 0 Å². The third kappa shape index (κ3) is 4.64. The molecule has 1 atom stereocenters. The topological polar surface area (TPSA) is 43.1 Å². The van der Waals surface area contributed by atoms with Gasteiger partial charge >= 0.3 is 6.18 Å². The van der Waals surface area contributed by atoms with Crippen molar-refractivity contribution in [3.63, 3.8) is 0 Å². The smallest absolute Gasteiger partial charge is 0.369 e. The van der Waals surface area contributed by atoms with Gasteiger partial charge in [0.2, 0.25) is 5.91 Å². The van der Waals surface area contributed by atoms with Crippen LogP contribution in [0.15, 0.2) is 0 Å². The number of amides is 1. The number of alkyl halides is 3. The molecule has 0 spiro atoms. The minimum absolute atomic E-state index is 0.134. The molecule has 1 amide bonds. The lowest BCUT2D eigenvalue weighted by atomic mass is 10.0. The van der Waals surface area contributed by atoms with E-state index in [1.807, 2.05) is 0 Å². The molecular weight excluding hydrogens is 159 g/mol. The van der Waals surface area contributed by atoms with Crippen molar-refractivity contribution in [3.05, 3.63) is 0 Å². The van der Waals surface area contributed by atoms with Crippen LogP contribution in [0.2, 0.25) is 0 Å². The zero-order valence-electron chi connectivity index (χ0n) is 6.11. The van der Waals surface area contributed by atoms with Gasteiger partial charge in [0.15, 0.2) is 0 Å². The highest BCUT2D eigenvalue weighted by Gasteiger charge is 2.33. The van der Waals surface area contributed by atoms with Crippen molar-refractivity contribution >= 4 is 5.91 Å². The summed E-state index contributed by atoms with van der Waals surface area (Å²) in [5.41, 5.74) is 4.72. The maximum absolute atomic E-state index is 11.6. The predicted octanol–water partition coefficient (Wildman–Crippen LogP) is 1.45. The van der Waals surface area contributed by atoms with Gasteiger partial charge in [-0.25, -0.2) is 0 Å². The van der Waals surface area contributed by atoms with Gasteiger partial charge in [-0.3, -0.25) is 4.79 Å². The Labute approximate surface area is 62.6 Å². The van der Waals surface area contributed by atoms with E-state index in [0.29, 0.717) is 0 Å².